The number of hydrogen-bond donors (Lipinski definition) is 0. The van der Waals surface area contributed by atoms with Crippen LogP contribution in [0.3, 0.4) is 0 Å². The molecule has 0 saturated heterocycles. The normalized spacial score (nSPS) is 13.2. The summed E-state index contributed by atoms with van der Waals surface area (Å²) in [5.74, 6) is 2.75. The lowest BCUT2D eigenvalue weighted by Gasteiger charge is -2.09. The van der Waals surface area contributed by atoms with Crippen molar-refractivity contribution in [2.75, 3.05) is 25.6 Å². The summed E-state index contributed by atoms with van der Waals surface area (Å²) < 4.78 is 32.4. The molecule has 0 saturated carbocycles. The van der Waals surface area contributed by atoms with E-state index in [1.165, 1.54) is 17.8 Å². The maximum absolute atomic E-state index is 13.6. The minimum Gasteiger partial charge on any atom is -0.490 e. The molecule has 6 nitrogen and oxygen atoms in total. The molecule has 0 fully saturated rings. The van der Waals surface area contributed by atoms with E-state index < -0.39 is 0 Å². The lowest BCUT2D eigenvalue weighted by molar-refractivity contribution is 0.297. The third kappa shape index (κ3) is 4.06. The van der Waals surface area contributed by atoms with Crippen molar-refractivity contribution < 1.29 is 18.6 Å². The number of ether oxygens (including phenoxy) is 3. The second-order valence-corrected chi connectivity index (χ2v) is 7.27. The number of fused-ring (bicyclic) bond motifs is 1. The van der Waals surface area contributed by atoms with Crippen molar-refractivity contribution in [1.29, 1.82) is 0 Å². The number of para-hydroxylation sites is 1. The third-order valence-electron chi connectivity index (χ3n) is 4.25. The van der Waals surface area contributed by atoms with Crippen molar-refractivity contribution in [3.05, 3.63) is 48.3 Å². The SMILES string of the molecule is Cn1c(SCCOc2ccccc2F)nnc1-c1ccc2c(c1)OCCCO2. The minimum absolute atomic E-state index is 0.258. The van der Waals surface area contributed by atoms with Crippen LogP contribution in [0.5, 0.6) is 17.2 Å². The molecular formula is C20H20FN3O3S. The van der Waals surface area contributed by atoms with Gasteiger partial charge in [-0.05, 0) is 30.3 Å². The summed E-state index contributed by atoms with van der Waals surface area (Å²) in [6.45, 7) is 1.67. The number of hydrogen-bond acceptors (Lipinski definition) is 6. The van der Waals surface area contributed by atoms with Crippen molar-refractivity contribution in [3.8, 4) is 28.6 Å². The average Bonchev–Trinajstić information content (AvgIpc) is 2.92. The predicted molar refractivity (Wildman–Crippen MR) is 105 cm³/mol. The highest BCUT2D eigenvalue weighted by atomic mass is 32.2. The average molecular weight is 401 g/mol. The van der Waals surface area contributed by atoms with Crippen molar-refractivity contribution in [2.24, 2.45) is 7.05 Å². The minimum atomic E-state index is -0.358. The van der Waals surface area contributed by atoms with Crippen LogP contribution < -0.4 is 14.2 Å². The van der Waals surface area contributed by atoms with E-state index in [0.717, 1.165) is 34.5 Å². The fourth-order valence-corrected chi connectivity index (χ4v) is 3.57. The van der Waals surface area contributed by atoms with Crippen LogP contribution in [0.1, 0.15) is 6.42 Å². The molecule has 0 radical (unpaired) electrons. The van der Waals surface area contributed by atoms with Gasteiger partial charge in [-0.2, -0.15) is 0 Å². The summed E-state index contributed by atoms with van der Waals surface area (Å²) in [6, 6.07) is 12.2. The Bertz CT molecular complexity index is 964. The first-order valence-electron chi connectivity index (χ1n) is 9.02. The molecule has 1 aliphatic heterocycles. The molecule has 146 valence electrons. The summed E-state index contributed by atoms with van der Waals surface area (Å²) in [5, 5.41) is 9.33. The van der Waals surface area contributed by atoms with Crippen molar-refractivity contribution in [3.63, 3.8) is 0 Å². The highest BCUT2D eigenvalue weighted by molar-refractivity contribution is 7.99. The Labute approximate surface area is 166 Å². The summed E-state index contributed by atoms with van der Waals surface area (Å²) in [6.07, 6.45) is 0.865. The molecule has 28 heavy (non-hydrogen) atoms. The van der Waals surface area contributed by atoms with Gasteiger partial charge in [0, 0.05) is 24.8 Å². The Balaban J connectivity index is 1.40. The molecule has 2 aromatic carbocycles. The Hall–Kier alpha value is -2.74. The fourth-order valence-electron chi connectivity index (χ4n) is 2.84. The van der Waals surface area contributed by atoms with Crippen LogP contribution in [0, 0.1) is 5.82 Å². The Morgan fingerprint density at radius 1 is 1.11 bits per heavy atom. The van der Waals surface area contributed by atoms with E-state index in [4.69, 9.17) is 14.2 Å². The summed E-state index contributed by atoms with van der Waals surface area (Å²) >= 11 is 1.51. The van der Waals surface area contributed by atoms with Gasteiger partial charge in [0.05, 0.1) is 19.8 Å². The Morgan fingerprint density at radius 2 is 1.93 bits per heavy atom. The van der Waals surface area contributed by atoms with Gasteiger partial charge in [-0.15, -0.1) is 10.2 Å². The molecule has 0 N–H and O–H groups in total. The van der Waals surface area contributed by atoms with Gasteiger partial charge < -0.3 is 18.8 Å². The van der Waals surface area contributed by atoms with E-state index >= 15 is 0 Å². The van der Waals surface area contributed by atoms with Gasteiger partial charge in [-0.3, -0.25) is 0 Å². The lowest BCUT2D eigenvalue weighted by Crippen LogP contribution is -2.03. The van der Waals surface area contributed by atoms with Crippen LogP contribution in [0.15, 0.2) is 47.6 Å². The zero-order valence-corrected chi connectivity index (χ0v) is 16.2. The van der Waals surface area contributed by atoms with Gasteiger partial charge in [0.25, 0.3) is 0 Å². The Kier molecular flexibility index (Phi) is 5.66. The zero-order valence-electron chi connectivity index (χ0n) is 15.4. The number of aromatic nitrogens is 3. The highest BCUT2D eigenvalue weighted by Crippen LogP contribution is 2.34. The van der Waals surface area contributed by atoms with Crippen molar-refractivity contribution in [1.82, 2.24) is 14.8 Å². The third-order valence-corrected chi connectivity index (χ3v) is 5.23. The standard InChI is InChI=1S/C20H20FN3O3S/c1-24-19(14-7-8-17-18(13-14)26-10-4-9-25-17)22-23-20(24)28-12-11-27-16-6-3-2-5-15(16)21/h2-3,5-8,13H,4,9-12H2,1H3. The molecule has 0 amide bonds. The maximum Gasteiger partial charge on any atom is 0.191 e. The first-order chi connectivity index (χ1) is 13.7. The lowest BCUT2D eigenvalue weighted by atomic mass is 10.2. The molecular weight excluding hydrogens is 381 g/mol. The monoisotopic (exact) mass is 401 g/mol. The van der Waals surface area contributed by atoms with E-state index in [0.29, 0.717) is 25.6 Å². The van der Waals surface area contributed by atoms with Crippen LogP contribution in [0.25, 0.3) is 11.4 Å². The van der Waals surface area contributed by atoms with Crippen molar-refractivity contribution >= 4 is 11.8 Å². The van der Waals surface area contributed by atoms with E-state index in [1.54, 1.807) is 18.2 Å². The molecule has 2 heterocycles. The summed E-state index contributed by atoms with van der Waals surface area (Å²) in [4.78, 5) is 0. The van der Waals surface area contributed by atoms with Gasteiger partial charge in [-0.1, -0.05) is 23.9 Å². The number of thioether (sulfide) groups is 1. The largest absolute Gasteiger partial charge is 0.490 e. The molecule has 1 aliphatic rings. The van der Waals surface area contributed by atoms with Gasteiger partial charge in [0.1, 0.15) is 0 Å². The molecule has 0 bridgehead atoms. The predicted octanol–water partition coefficient (Wildman–Crippen LogP) is 3.95. The molecule has 0 unspecified atom stereocenters. The van der Waals surface area contributed by atoms with E-state index in [1.807, 2.05) is 29.8 Å². The molecule has 3 aromatic rings. The molecule has 0 spiro atoms. The molecule has 0 aliphatic carbocycles. The first kappa shape index (κ1) is 18.6. The smallest absolute Gasteiger partial charge is 0.191 e. The second kappa shape index (κ2) is 8.52. The topological polar surface area (TPSA) is 58.4 Å². The second-order valence-electron chi connectivity index (χ2n) is 6.20. The Morgan fingerprint density at radius 3 is 2.79 bits per heavy atom. The van der Waals surface area contributed by atoms with Gasteiger partial charge >= 0.3 is 0 Å². The van der Waals surface area contributed by atoms with Gasteiger partial charge in [-0.25, -0.2) is 4.39 Å². The van der Waals surface area contributed by atoms with Crippen LogP contribution in [-0.4, -0.2) is 40.3 Å². The summed E-state index contributed by atoms with van der Waals surface area (Å²) in [5.41, 5.74) is 0.911. The number of halogens is 1. The van der Waals surface area contributed by atoms with Crippen LogP contribution >= 0.6 is 11.8 Å². The van der Waals surface area contributed by atoms with E-state index in [-0.39, 0.29) is 11.6 Å². The number of rotatable bonds is 6. The first-order valence-corrected chi connectivity index (χ1v) is 10.0. The maximum atomic E-state index is 13.6. The van der Waals surface area contributed by atoms with Gasteiger partial charge in [0.15, 0.2) is 34.0 Å². The molecule has 1 aromatic heterocycles. The fraction of sp³-hybridized carbons (Fsp3) is 0.300. The van der Waals surface area contributed by atoms with Crippen LogP contribution in [-0.2, 0) is 7.05 Å². The highest BCUT2D eigenvalue weighted by Gasteiger charge is 2.16. The molecule has 0 atom stereocenters. The molecule has 4 rings (SSSR count). The number of nitrogens with zero attached hydrogens (tertiary/aromatic N) is 3. The van der Waals surface area contributed by atoms with Crippen LogP contribution in [0.2, 0.25) is 0 Å². The number of benzene rings is 2. The zero-order chi connectivity index (χ0) is 19.3. The van der Waals surface area contributed by atoms with Crippen molar-refractivity contribution in [2.45, 2.75) is 11.6 Å². The van der Waals surface area contributed by atoms with E-state index in [2.05, 4.69) is 10.2 Å². The molecule has 8 heteroatoms. The van der Waals surface area contributed by atoms with E-state index in [9.17, 15) is 4.39 Å². The summed E-state index contributed by atoms with van der Waals surface area (Å²) in [7, 11) is 1.92. The van der Waals surface area contributed by atoms with Gasteiger partial charge in [0.2, 0.25) is 0 Å². The van der Waals surface area contributed by atoms with Crippen LogP contribution in [0.4, 0.5) is 4.39 Å². The quantitative estimate of drug-likeness (QED) is 0.460.